The van der Waals surface area contributed by atoms with Crippen LogP contribution in [-0.4, -0.2) is 23.9 Å². The summed E-state index contributed by atoms with van der Waals surface area (Å²) in [5.41, 5.74) is 7.21. The molecule has 0 amide bonds. The van der Waals surface area contributed by atoms with Gasteiger partial charge in [-0.1, -0.05) is 44.2 Å². The molecular formula is C14H21N3. The van der Waals surface area contributed by atoms with Crippen LogP contribution in [0.3, 0.4) is 0 Å². The van der Waals surface area contributed by atoms with Crippen molar-refractivity contribution in [3.8, 4) is 0 Å². The summed E-state index contributed by atoms with van der Waals surface area (Å²) in [6.07, 6.45) is 0. The van der Waals surface area contributed by atoms with Crippen molar-refractivity contribution in [3.05, 3.63) is 35.9 Å². The van der Waals surface area contributed by atoms with Crippen LogP contribution in [0.15, 0.2) is 35.3 Å². The van der Waals surface area contributed by atoms with Gasteiger partial charge in [0.15, 0.2) is 5.96 Å². The van der Waals surface area contributed by atoms with Crippen molar-refractivity contribution >= 4 is 5.96 Å². The normalized spacial score (nSPS) is 24.2. The van der Waals surface area contributed by atoms with E-state index in [0.29, 0.717) is 11.9 Å². The molecule has 3 nitrogen and oxygen atoms in total. The first-order valence-corrected chi connectivity index (χ1v) is 6.17. The predicted molar refractivity (Wildman–Crippen MR) is 71.8 cm³/mol. The lowest BCUT2D eigenvalue weighted by Crippen LogP contribution is -2.48. The Morgan fingerprint density at radius 1 is 1.35 bits per heavy atom. The highest BCUT2D eigenvalue weighted by Gasteiger charge is 2.39. The van der Waals surface area contributed by atoms with Crippen LogP contribution in [0, 0.1) is 5.92 Å². The average molecular weight is 231 g/mol. The van der Waals surface area contributed by atoms with Crippen molar-refractivity contribution in [2.45, 2.75) is 26.3 Å². The number of guanidine groups is 1. The molecule has 0 radical (unpaired) electrons. The summed E-state index contributed by atoms with van der Waals surface area (Å²) in [4.78, 5) is 6.65. The molecule has 3 heteroatoms. The van der Waals surface area contributed by atoms with E-state index in [1.165, 1.54) is 5.56 Å². The van der Waals surface area contributed by atoms with Gasteiger partial charge < -0.3 is 10.6 Å². The second kappa shape index (κ2) is 4.40. The lowest BCUT2D eigenvalue weighted by molar-refractivity contribution is 0.204. The van der Waals surface area contributed by atoms with E-state index in [2.05, 4.69) is 54.9 Å². The van der Waals surface area contributed by atoms with Crippen LogP contribution in [0.1, 0.15) is 26.3 Å². The number of hydrogen-bond acceptors (Lipinski definition) is 3. The van der Waals surface area contributed by atoms with Gasteiger partial charge in [0.25, 0.3) is 0 Å². The number of benzene rings is 1. The van der Waals surface area contributed by atoms with Gasteiger partial charge in [0.2, 0.25) is 0 Å². The average Bonchev–Trinajstić information content (AvgIpc) is 2.59. The monoisotopic (exact) mass is 231 g/mol. The molecule has 1 unspecified atom stereocenters. The number of rotatable bonds is 3. The molecule has 17 heavy (non-hydrogen) atoms. The fourth-order valence-electron chi connectivity index (χ4n) is 2.36. The smallest absolute Gasteiger partial charge is 0.192 e. The summed E-state index contributed by atoms with van der Waals surface area (Å²) < 4.78 is 0. The molecule has 1 aliphatic rings. The van der Waals surface area contributed by atoms with Crippen LogP contribution in [0.4, 0.5) is 0 Å². The lowest BCUT2D eigenvalue weighted by Gasteiger charge is -2.37. The molecule has 1 aromatic carbocycles. The molecule has 1 aromatic rings. The Labute approximate surface area is 103 Å². The fraction of sp³-hybridized carbons (Fsp3) is 0.500. The maximum atomic E-state index is 6.02. The molecule has 0 aromatic heterocycles. The molecule has 0 fully saturated rings. The third-order valence-electron chi connectivity index (χ3n) is 3.36. The minimum Gasteiger partial charge on any atom is -0.370 e. The second-order valence-corrected chi connectivity index (χ2v) is 5.32. The van der Waals surface area contributed by atoms with Crippen LogP contribution in [0.2, 0.25) is 0 Å². The van der Waals surface area contributed by atoms with E-state index in [1.807, 2.05) is 6.07 Å². The van der Waals surface area contributed by atoms with E-state index in [1.54, 1.807) is 0 Å². The van der Waals surface area contributed by atoms with Crippen molar-refractivity contribution in [1.82, 2.24) is 4.90 Å². The molecule has 2 N–H and O–H groups in total. The van der Waals surface area contributed by atoms with Crippen molar-refractivity contribution in [3.63, 3.8) is 0 Å². The summed E-state index contributed by atoms with van der Waals surface area (Å²) >= 11 is 0. The molecule has 0 spiro atoms. The molecule has 1 atom stereocenters. The second-order valence-electron chi connectivity index (χ2n) is 5.32. The number of aliphatic imine (C=N–C) groups is 1. The molecule has 92 valence electrons. The van der Waals surface area contributed by atoms with Crippen LogP contribution in [0.5, 0.6) is 0 Å². The number of nitrogens with two attached hydrogens (primary N) is 1. The zero-order valence-electron chi connectivity index (χ0n) is 10.9. The Bertz CT molecular complexity index is 411. The first-order chi connectivity index (χ1) is 8.04. The van der Waals surface area contributed by atoms with Crippen LogP contribution >= 0.6 is 0 Å². The van der Waals surface area contributed by atoms with Gasteiger partial charge in [-0.15, -0.1) is 0 Å². The number of hydrogen-bond donors (Lipinski definition) is 1. The van der Waals surface area contributed by atoms with E-state index >= 15 is 0 Å². The zero-order valence-corrected chi connectivity index (χ0v) is 10.9. The summed E-state index contributed by atoms with van der Waals surface area (Å²) in [6.45, 7) is 8.32. The number of nitrogens with zero attached hydrogens (tertiary/aromatic N) is 2. The lowest BCUT2D eigenvalue weighted by atomic mass is 9.90. The van der Waals surface area contributed by atoms with E-state index in [-0.39, 0.29) is 5.54 Å². The molecule has 1 heterocycles. The minimum absolute atomic E-state index is 0.0877. The highest BCUT2D eigenvalue weighted by atomic mass is 15.4. The van der Waals surface area contributed by atoms with E-state index in [4.69, 9.17) is 5.73 Å². The van der Waals surface area contributed by atoms with Gasteiger partial charge in [-0.2, -0.15) is 0 Å². The van der Waals surface area contributed by atoms with E-state index in [9.17, 15) is 0 Å². The SMILES string of the molecule is CC(C)CN1C(N)=NCC1(C)c1ccccc1. The minimum atomic E-state index is -0.0877. The third kappa shape index (κ3) is 2.14. The largest absolute Gasteiger partial charge is 0.370 e. The Morgan fingerprint density at radius 3 is 2.59 bits per heavy atom. The third-order valence-corrected chi connectivity index (χ3v) is 3.36. The molecule has 0 saturated carbocycles. The first-order valence-electron chi connectivity index (χ1n) is 6.17. The van der Waals surface area contributed by atoms with Gasteiger partial charge in [-0.3, -0.25) is 4.99 Å². The highest BCUT2D eigenvalue weighted by molar-refractivity contribution is 5.81. The highest BCUT2D eigenvalue weighted by Crippen LogP contribution is 2.32. The maximum Gasteiger partial charge on any atom is 0.192 e. The van der Waals surface area contributed by atoms with Gasteiger partial charge in [-0.25, -0.2) is 0 Å². The van der Waals surface area contributed by atoms with Gasteiger partial charge >= 0.3 is 0 Å². The van der Waals surface area contributed by atoms with Crippen LogP contribution < -0.4 is 5.73 Å². The zero-order chi connectivity index (χ0) is 12.5. The van der Waals surface area contributed by atoms with Gasteiger partial charge in [0, 0.05) is 6.54 Å². The molecule has 1 aliphatic heterocycles. The standard InChI is InChI=1S/C14H21N3/c1-11(2)9-17-13(15)16-10-14(17,3)12-7-5-4-6-8-12/h4-8,11H,9-10H2,1-3H3,(H2,15,16). The first kappa shape index (κ1) is 12.0. The van der Waals surface area contributed by atoms with Crippen LogP contribution in [0.25, 0.3) is 0 Å². The topological polar surface area (TPSA) is 41.6 Å². The van der Waals surface area contributed by atoms with E-state index < -0.39 is 0 Å². The van der Waals surface area contributed by atoms with Crippen molar-refractivity contribution in [2.75, 3.05) is 13.1 Å². The molecule has 0 aliphatic carbocycles. The fourth-order valence-corrected chi connectivity index (χ4v) is 2.36. The predicted octanol–water partition coefficient (Wildman–Crippen LogP) is 2.19. The molecule has 2 rings (SSSR count). The Morgan fingerprint density at radius 2 is 2.00 bits per heavy atom. The summed E-state index contributed by atoms with van der Waals surface area (Å²) in [6, 6.07) is 10.5. The molecule has 0 saturated heterocycles. The van der Waals surface area contributed by atoms with E-state index in [0.717, 1.165) is 13.1 Å². The van der Waals surface area contributed by atoms with Gasteiger partial charge in [-0.05, 0) is 18.4 Å². The Balaban J connectivity index is 2.31. The van der Waals surface area contributed by atoms with Crippen molar-refractivity contribution < 1.29 is 0 Å². The Kier molecular flexibility index (Phi) is 3.09. The summed E-state index contributed by atoms with van der Waals surface area (Å²) in [5, 5.41) is 0. The summed E-state index contributed by atoms with van der Waals surface area (Å²) in [5.74, 6) is 1.25. The molecular weight excluding hydrogens is 210 g/mol. The summed E-state index contributed by atoms with van der Waals surface area (Å²) in [7, 11) is 0. The van der Waals surface area contributed by atoms with Crippen molar-refractivity contribution in [2.24, 2.45) is 16.6 Å². The van der Waals surface area contributed by atoms with Crippen molar-refractivity contribution in [1.29, 1.82) is 0 Å². The Hall–Kier alpha value is -1.51. The van der Waals surface area contributed by atoms with Crippen LogP contribution in [-0.2, 0) is 5.54 Å². The van der Waals surface area contributed by atoms with Gasteiger partial charge in [0.05, 0.1) is 12.1 Å². The van der Waals surface area contributed by atoms with Gasteiger partial charge in [0.1, 0.15) is 0 Å². The molecule has 0 bridgehead atoms. The quantitative estimate of drug-likeness (QED) is 0.866. The maximum absolute atomic E-state index is 6.02.